The van der Waals surface area contributed by atoms with Gasteiger partial charge in [0.2, 0.25) is 10.0 Å². The van der Waals surface area contributed by atoms with Crippen LogP contribution in [0.4, 0.5) is 0 Å². The fraction of sp³-hybridized carbons (Fsp3) is 0.417. The highest BCUT2D eigenvalue weighted by atomic mass is 32.2. The Labute approximate surface area is 111 Å². The molecule has 0 unspecified atom stereocenters. The van der Waals surface area contributed by atoms with Gasteiger partial charge in [0.1, 0.15) is 10.5 Å². The third kappa shape index (κ3) is 1.94. The van der Waals surface area contributed by atoms with Crippen LogP contribution in [-0.2, 0) is 10.0 Å². The summed E-state index contributed by atoms with van der Waals surface area (Å²) in [5.74, 6) is 0. The summed E-state index contributed by atoms with van der Waals surface area (Å²) >= 11 is 0. The van der Waals surface area contributed by atoms with Crippen molar-refractivity contribution in [3.8, 4) is 0 Å². The van der Waals surface area contributed by atoms with Crippen molar-refractivity contribution in [3.05, 3.63) is 24.5 Å². The number of pyridine rings is 1. The molecule has 0 amide bonds. The molecule has 0 saturated carbocycles. The molecule has 1 saturated heterocycles. The van der Waals surface area contributed by atoms with Crippen LogP contribution in [0.15, 0.2) is 29.4 Å². The van der Waals surface area contributed by atoms with E-state index in [1.165, 1.54) is 10.5 Å². The molecule has 1 aliphatic rings. The van der Waals surface area contributed by atoms with E-state index >= 15 is 0 Å². The predicted molar refractivity (Wildman–Crippen MR) is 70.1 cm³/mol. The second-order valence-corrected chi connectivity index (χ2v) is 6.51. The Bertz CT molecular complexity index is 695. The monoisotopic (exact) mass is 281 g/mol. The molecular formula is C12H15N3O3S. The number of rotatable bonds is 3. The molecular weight excluding hydrogens is 266 g/mol. The zero-order chi connectivity index (χ0) is 13.5. The molecule has 2 aromatic heterocycles. The van der Waals surface area contributed by atoms with Gasteiger partial charge in [0, 0.05) is 30.4 Å². The molecule has 0 radical (unpaired) electrons. The fourth-order valence-corrected chi connectivity index (χ4v) is 4.42. The fourth-order valence-electron chi connectivity index (χ4n) is 2.58. The van der Waals surface area contributed by atoms with Crippen molar-refractivity contribution >= 4 is 21.1 Å². The third-order valence-electron chi connectivity index (χ3n) is 3.53. The smallest absolute Gasteiger partial charge is 0.245 e. The summed E-state index contributed by atoms with van der Waals surface area (Å²) < 4.78 is 26.7. The highest BCUT2D eigenvalue weighted by Gasteiger charge is 2.36. The molecule has 0 aliphatic carbocycles. The minimum absolute atomic E-state index is 0.139. The Hall–Kier alpha value is -1.44. The number of sulfonamides is 1. The van der Waals surface area contributed by atoms with E-state index < -0.39 is 10.0 Å². The number of hydrogen-bond donors (Lipinski definition) is 2. The largest absolute Gasteiger partial charge is 0.395 e. The zero-order valence-corrected chi connectivity index (χ0v) is 11.1. The molecule has 1 fully saturated rings. The first-order valence-electron chi connectivity index (χ1n) is 6.19. The molecule has 1 atom stereocenters. The average molecular weight is 281 g/mol. The number of nitrogens with one attached hydrogen (secondary N) is 1. The van der Waals surface area contributed by atoms with Crippen LogP contribution >= 0.6 is 0 Å². The molecule has 3 heterocycles. The van der Waals surface area contributed by atoms with Gasteiger partial charge in [-0.2, -0.15) is 4.31 Å². The normalized spacial score (nSPS) is 21.2. The van der Waals surface area contributed by atoms with Crippen LogP contribution in [-0.4, -0.2) is 47.0 Å². The van der Waals surface area contributed by atoms with Gasteiger partial charge < -0.3 is 10.1 Å². The second-order valence-electron chi connectivity index (χ2n) is 4.65. The summed E-state index contributed by atoms with van der Waals surface area (Å²) in [5.41, 5.74) is 0.556. The Balaban J connectivity index is 2.09. The summed E-state index contributed by atoms with van der Waals surface area (Å²) in [5, 5.41) is 9.87. The number of aromatic nitrogens is 2. The standard InChI is InChI=1S/C12H15N3O3S/c16-8-9-3-2-6-15(9)19(17,18)11-7-14-12-10(11)4-1-5-13-12/h1,4-5,7,9,16H,2-3,6,8H2,(H,13,14)/t9-/m1/s1. The maximum atomic E-state index is 12.6. The molecule has 0 spiro atoms. The minimum atomic E-state index is -3.58. The van der Waals surface area contributed by atoms with E-state index in [-0.39, 0.29) is 17.5 Å². The third-order valence-corrected chi connectivity index (χ3v) is 5.53. The van der Waals surface area contributed by atoms with E-state index in [0.29, 0.717) is 24.0 Å². The quantitative estimate of drug-likeness (QED) is 0.867. The van der Waals surface area contributed by atoms with Gasteiger partial charge in [0.15, 0.2) is 0 Å². The predicted octanol–water partition coefficient (Wildman–Crippen LogP) is 0.708. The number of aliphatic hydroxyl groups excluding tert-OH is 1. The summed E-state index contributed by atoms with van der Waals surface area (Å²) in [6.45, 7) is 0.320. The van der Waals surface area contributed by atoms with Crippen molar-refractivity contribution in [2.75, 3.05) is 13.2 Å². The number of hydrogen-bond acceptors (Lipinski definition) is 4. The SMILES string of the molecule is O=S(=O)(c1c[nH]c2ncccc12)N1CCC[C@@H]1CO. The summed E-state index contributed by atoms with van der Waals surface area (Å²) in [6.07, 6.45) is 4.57. The van der Waals surface area contributed by atoms with Crippen molar-refractivity contribution < 1.29 is 13.5 Å². The van der Waals surface area contributed by atoms with Gasteiger partial charge in [0.25, 0.3) is 0 Å². The van der Waals surface area contributed by atoms with Crippen LogP contribution in [0.2, 0.25) is 0 Å². The lowest BCUT2D eigenvalue weighted by Crippen LogP contribution is -2.37. The van der Waals surface area contributed by atoms with Crippen LogP contribution < -0.4 is 0 Å². The topological polar surface area (TPSA) is 86.3 Å². The highest BCUT2D eigenvalue weighted by molar-refractivity contribution is 7.89. The molecule has 1 aliphatic heterocycles. The molecule has 2 aromatic rings. The lowest BCUT2D eigenvalue weighted by Gasteiger charge is -2.21. The number of aliphatic hydroxyl groups is 1. The van der Waals surface area contributed by atoms with Gasteiger partial charge in [0.05, 0.1) is 6.61 Å². The summed E-state index contributed by atoms with van der Waals surface area (Å²) in [4.78, 5) is 7.20. The van der Waals surface area contributed by atoms with Crippen LogP contribution in [0, 0.1) is 0 Å². The molecule has 102 valence electrons. The lowest BCUT2D eigenvalue weighted by molar-refractivity contribution is 0.213. The van der Waals surface area contributed by atoms with E-state index in [1.807, 2.05) is 0 Å². The van der Waals surface area contributed by atoms with Crippen LogP contribution in [0.3, 0.4) is 0 Å². The van der Waals surface area contributed by atoms with E-state index in [4.69, 9.17) is 0 Å². The van der Waals surface area contributed by atoms with Crippen LogP contribution in [0.5, 0.6) is 0 Å². The lowest BCUT2D eigenvalue weighted by atomic mass is 10.2. The Morgan fingerprint density at radius 3 is 3.16 bits per heavy atom. The van der Waals surface area contributed by atoms with E-state index in [1.54, 1.807) is 18.3 Å². The molecule has 6 nitrogen and oxygen atoms in total. The van der Waals surface area contributed by atoms with Gasteiger partial charge in [-0.3, -0.25) is 0 Å². The second kappa shape index (κ2) is 4.59. The number of nitrogens with zero attached hydrogens (tertiary/aromatic N) is 2. The molecule has 2 N–H and O–H groups in total. The molecule has 19 heavy (non-hydrogen) atoms. The Kier molecular flexibility index (Phi) is 3.04. The number of H-pyrrole nitrogens is 1. The van der Waals surface area contributed by atoms with Gasteiger partial charge >= 0.3 is 0 Å². The Morgan fingerprint density at radius 1 is 1.53 bits per heavy atom. The van der Waals surface area contributed by atoms with Gasteiger partial charge in [-0.1, -0.05) is 0 Å². The van der Waals surface area contributed by atoms with Crippen LogP contribution in [0.25, 0.3) is 11.0 Å². The summed E-state index contributed by atoms with van der Waals surface area (Å²) in [6, 6.07) is 3.13. The molecule has 3 rings (SSSR count). The van der Waals surface area contributed by atoms with E-state index in [2.05, 4.69) is 9.97 Å². The average Bonchev–Trinajstić information content (AvgIpc) is 3.05. The van der Waals surface area contributed by atoms with Crippen molar-refractivity contribution in [1.82, 2.24) is 14.3 Å². The molecule has 7 heteroatoms. The number of fused-ring (bicyclic) bond motifs is 1. The maximum Gasteiger partial charge on any atom is 0.245 e. The van der Waals surface area contributed by atoms with E-state index in [9.17, 15) is 13.5 Å². The molecule has 0 aromatic carbocycles. The highest BCUT2D eigenvalue weighted by Crippen LogP contribution is 2.29. The van der Waals surface area contributed by atoms with Gasteiger partial charge in [-0.15, -0.1) is 0 Å². The first-order chi connectivity index (χ1) is 9.14. The van der Waals surface area contributed by atoms with Crippen molar-refractivity contribution in [2.24, 2.45) is 0 Å². The van der Waals surface area contributed by atoms with E-state index in [0.717, 1.165) is 6.42 Å². The maximum absolute atomic E-state index is 12.6. The van der Waals surface area contributed by atoms with Crippen molar-refractivity contribution in [3.63, 3.8) is 0 Å². The van der Waals surface area contributed by atoms with Crippen molar-refractivity contribution in [2.45, 2.75) is 23.8 Å². The first kappa shape index (κ1) is 12.6. The van der Waals surface area contributed by atoms with Crippen molar-refractivity contribution in [1.29, 1.82) is 0 Å². The first-order valence-corrected chi connectivity index (χ1v) is 7.63. The van der Waals surface area contributed by atoms with Crippen LogP contribution in [0.1, 0.15) is 12.8 Å². The summed E-state index contributed by atoms with van der Waals surface area (Å²) in [7, 11) is -3.58. The Morgan fingerprint density at radius 2 is 2.37 bits per heavy atom. The van der Waals surface area contributed by atoms with Gasteiger partial charge in [-0.05, 0) is 25.0 Å². The zero-order valence-electron chi connectivity index (χ0n) is 10.3. The van der Waals surface area contributed by atoms with Gasteiger partial charge in [-0.25, -0.2) is 13.4 Å². The number of aromatic amines is 1. The minimum Gasteiger partial charge on any atom is -0.395 e. The molecule has 0 bridgehead atoms.